The first-order valence-electron chi connectivity index (χ1n) is 7.72. The highest BCUT2D eigenvalue weighted by Gasteiger charge is 2.26. The summed E-state index contributed by atoms with van der Waals surface area (Å²) in [6.07, 6.45) is 1.62. The molecule has 2 aromatic heterocycles. The molecule has 1 aliphatic heterocycles. The van der Waals surface area contributed by atoms with Crippen LogP contribution in [0.1, 0.15) is 31.4 Å². The summed E-state index contributed by atoms with van der Waals surface area (Å²) in [4.78, 5) is 24.9. The van der Waals surface area contributed by atoms with Crippen molar-refractivity contribution < 1.29 is 14.0 Å². The van der Waals surface area contributed by atoms with E-state index in [0.717, 1.165) is 11.6 Å². The number of rotatable bonds is 6. The Bertz CT molecular complexity index is 726. The normalized spacial score (nSPS) is 14.5. The number of aromatic nitrogens is 3. The van der Waals surface area contributed by atoms with Gasteiger partial charge in [0.15, 0.2) is 5.16 Å². The zero-order valence-electron chi connectivity index (χ0n) is 13.6. The van der Waals surface area contributed by atoms with Crippen molar-refractivity contribution >= 4 is 23.7 Å². The van der Waals surface area contributed by atoms with Crippen LogP contribution in [0.3, 0.4) is 0 Å². The summed E-state index contributed by atoms with van der Waals surface area (Å²) in [5.74, 6) is 1.74. The molecule has 2 aromatic rings. The Labute approximate surface area is 143 Å². The van der Waals surface area contributed by atoms with Crippen molar-refractivity contribution in [1.82, 2.24) is 25.0 Å². The standard InChI is InChI=1S/C15H19N5O3S/c1-10(2)13-17-18-15(20(13)8-11-4-3-7-23-11)24-9-12(21)19-6-5-16-14(19)22/h3-4,7,10H,5-6,8-9H2,1-2H3,(H,16,22). The van der Waals surface area contributed by atoms with Crippen LogP contribution in [0.25, 0.3) is 0 Å². The van der Waals surface area contributed by atoms with E-state index in [-0.39, 0.29) is 23.6 Å². The second-order valence-corrected chi connectivity index (χ2v) is 6.67. The fourth-order valence-corrected chi connectivity index (χ4v) is 3.28. The molecule has 0 aromatic carbocycles. The molecule has 0 atom stereocenters. The molecule has 128 valence electrons. The zero-order valence-corrected chi connectivity index (χ0v) is 14.4. The summed E-state index contributed by atoms with van der Waals surface area (Å²) in [6.45, 7) is 5.50. The minimum atomic E-state index is -0.333. The number of urea groups is 1. The van der Waals surface area contributed by atoms with Crippen molar-refractivity contribution in [2.24, 2.45) is 0 Å². The minimum Gasteiger partial charge on any atom is -0.467 e. The van der Waals surface area contributed by atoms with E-state index in [1.54, 1.807) is 6.26 Å². The average molecular weight is 349 g/mol. The molecule has 0 unspecified atom stereocenters. The topological polar surface area (TPSA) is 93.3 Å². The molecule has 0 saturated carbocycles. The van der Waals surface area contributed by atoms with Gasteiger partial charge in [0, 0.05) is 19.0 Å². The lowest BCUT2D eigenvalue weighted by Gasteiger charge is -2.13. The van der Waals surface area contributed by atoms with E-state index in [2.05, 4.69) is 15.5 Å². The smallest absolute Gasteiger partial charge is 0.324 e. The lowest BCUT2D eigenvalue weighted by atomic mass is 10.2. The van der Waals surface area contributed by atoms with Gasteiger partial charge in [-0.15, -0.1) is 10.2 Å². The molecule has 1 N–H and O–H groups in total. The number of nitrogens with one attached hydrogen (secondary N) is 1. The van der Waals surface area contributed by atoms with Gasteiger partial charge in [-0.25, -0.2) is 4.79 Å². The fraction of sp³-hybridized carbons (Fsp3) is 0.467. The molecule has 1 saturated heterocycles. The van der Waals surface area contributed by atoms with Crippen LogP contribution in [-0.2, 0) is 11.3 Å². The third-order valence-electron chi connectivity index (χ3n) is 3.64. The monoisotopic (exact) mass is 349 g/mol. The predicted octanol–water partition coefficient (Wildman–Crippen LogP) is 1.69. The lowest BCUT2D eigenvalue weighted by molar-refractivity contribution is -0.124. The molecule has 3 amide bonds. The molecule has 0 spiro atoms. The van der Waals surface area contributed by atoms with Crippen molar-refractivity contribution in [3.63, 3.8) is 0 Å². The van der Waals surface area contributed by atoms with Crippen LogP contribution in [-0.4, -0.2) is 50.4 Å². The summed E-state index contributed by atoms with van der Waals surface area (Å²) >= 11 is 1.28. The first-order chi connectivity index (χ1) is 11.6. The van der Waals surface area contributed by atoms with Gasteiger partial charge in [-0.2, -0.15) is 0 Å². The van der Waals surface area contributed by atoms with Gasteiger partial charge in [0.05, 0.1) is 18.6 Å². The van der Waals surface area contributed by atoms with Gasteiger partial charge in [-0.3, -0.25) is 14.3 Å². The molecule has 1 aliphatic rings. The van der Waals surface area contributed by atoms with Gasteiger partial charge >= 0.3 is 6.03 Å². The number of nitrogens with zero attached hydrogens (tertiary/aromatic N) is 4. The first kappa shape index (κ1) is 16.6. The predicted molar refractivity (Wildman–Crippen MR) is 87.8 cm³/mol. The van der Waals surface area contributed by atoms with Crippen LogP contribution < -0.4 is 5.32 Å². The van der Waals surface area contributed by atoms with Crippen molar-refractivity contribution in [2.75, 3.05) is 18.8 Å². The number of imide groups is 1. The summed E-state index contributed by atoms with van der Waals surface area (Å²) in [7, 11) is 0. The molecule has 9 heteroatoms. The van der Waals surface area contributed by atoms with Crippen molar-refractivity contribution in [3.8, 4) is 0 Å². The fourth-order valence-electron chi connectivity index (χ4n) is 2.45. The van der Waals surface area contributed by atoms with E-state index >= 15 is 0 Å². The summed E-state index contributed by atoms with van der Waals surface area (Å²) in [5.41, 5.74) is 0. The van der Waals surface area contributed by atoms with Crippen LogP contribution in [0, 0.1) is 0 Å². The Morgan fingerprint density at radius 2 is 2.29 bits per heavy atom. The van der Waals surface area contributed by atoms with E-state index in [1.165, 1.54) is 16.7 Å². The molecule has 1 fully saturated rings. The average Bonchev–Trinajstić information content (AvgIpc) is 3.26. The van der Waals surface area contributed by atoms with Crippen LogP contribution in [0.15, 0.2) is 28.0 Å². The Kier molecular flexibility index (Phi) is 4.89. The maximum Gasteiger partial charge on any atom is 0.324 e. The molecule has 0 aliphatic carbocycles. The van der Waals surface area contributed by atoms with E-state index in [9.17, 15) is 9.59 Å². The van der Waals surface area contributed by atoms with Gasteiger partial charge in [0.1, 0.15) is 11.6 Å². The summed E-state index contributed by atoms with van der Waals surface area (Å²) in [6, 6.07) is 3.38. The third kappa shape index (κ3) is 3.45. The highest BCUT2D eigenvalue weighted by atomic mass is 32.2. The number of furan rings is 1. The molecule has 8 nitrogen and oxygen atoms in total. The largest absolute Gasteiger partial charge is 0.467 e. The van der Waals surface area contributed by atoms with Crippen molar-refractivity contribution in [1.29, 1.82) is 0 Å². The number of carbonyl (C=O) groups excluding carboxylic acids is 2. The molecule has 3 rings (SSSR count). The summed E-state index contributed by atoms with van der Waals surface area (Å²) < 4.78 is 7.35. The zero-order chi connectivity index (χ0) is 17.1. The molecule has 0 radical (unpaired) electrons. The SMILES string of the molecule is CC(C)c1nnc(SCC(=O)N2CCNC2=O)n1Cc1ccco1. The highest BCUT2D eigenvalue weighted by molar-refractivity contribution is 7.99. The van der Waals surface area contributed by atoms with Gasteiger partial charge in [-0.1, -0.05) is 25.6 Å². The van der Waals surface area contributed by atoms with E-state index < -0.39 is 0 Å². The Hall–Kier alpha value is -2.29. The maximum atomic E-state index is 12.2. The summed E-state index contributed by atoms with van der Waals surface area (Å²) in [5, 5.41) is 11.7. The third-order valence-corrected chi connectivity index (χ3v) is 4.59. The number of amides is 3. The molecule has 3 heterocycles. The van der Waals surface area contributed by atoms with E-state index in [4.69, 9.17) is 4.42 Å². The quantitative estimate of drug-likeness (QED) is 0.798. The first-order valence-corrected chi connectivity index (χ1v) is 8.71. The van der Waals surface area contributed by atoms with Gasteiger partial charge in [0.25, 0.3) is 0 Å². The number of hydrogen-bond donors (Lipinski definition) is 1. The second-order valence-electron chi connectivity index (χ2n) is 5.73. The number of carbonyl (C=O) groups is 2. The van der Waals surface area contributed by atoms with Gasteiger partial charge in [-0.05, 0) is 12.1 Å². The molecular weight excluding hydrogens is 330 g/mol. The molecular formula is C15H19N5O3S. The number of hydrogen-bond acceptors (Lipinski definition) is 6. The minimum absolute atomic E-state index is 0.141. The van der Waals surface area contributed by atoms with Crippen LogP contribution in [0.5, 0.6) is 0 Å². The van der Waals surface area contributed by atoms with E-state index in [0.29, 0.717) is 24.8 Å². The molecule has 24 heavy (non-hydrogen) atoms. The van der Waals surface area contributed by atoms with Crippen LogP contribution >= 0.6 is 11.8 Å². The maximum absolute atomic E-state index is 12.2. The highest BCUT2D eigenvalue weighted by Crippen LogP contribution is 2.23. The van der Waals surface area contributed by atoms with Crippen LogP contribution in [0.4, 0.5) is 4.79 Å². The number of thioether (sulfide) groups is 1. The van der Waals surface area contributed by atoms with E-state index in [1.807, 2.05) is 30.5 Å². The van der Waals surface area contributed by atoms with Crippen LogP contribution in [0.2, 0.25) is 0 Å². The Morgan fingerprint density at radius 1 is 1.46 bits per heavy atom. The van der Waals surface area contributed by atoms with Crippen molar-refractivity contribution in [2.45, 2.75) is 31.5 Å². The van der Waals surface area contributed by atoms with Gasteiger partial charge < -0.3 is 9.73 Å². The molecule has 0 bridgehead atoms. The Balaban J connectivity index is 1.73. The van der Waals surface area contributed by atoms with Gasteiger partial charge in [0.2, 0.25) is 5.91 Å². The Morgan fingerprint density at radius 3 is 2.92 bits per heavy atom. The lowest BCUT2D eigenvalue weighted by Crippen LogP contribution is -2.35. The second kappa shape index (κ2) is 7.08. The van der Waals surface area contributed by atoms with Crippen molar-refractivity contribution in [3.05, 3.63) is 30.0 Å².